The molecule has 3 nitrogen and oxygen atoms in total. The lowest BCUT2D eigenvalue weighted by Gasteiger charge is -2.41. The molecule has 0 saturated heterocycles. The fourth-order valence-electron chi connectivity index (χ4n) is 3.94. The van der Waals surface area contributed by atoms with Crippen LogP contribution in [0.25, 0.3) is 0 Å². The van der Waals surface area contributed by atoms with E-state index in [2.05, 4.69) is 44.9 Å². The van der Waals surface area contributed by atoms with E-state index in [0.29, 0.717) is 29.1 Å². The van der Waals surface area contributed by atoms with Crippen molar-refractivity contribution in [2.45, 2.75) is 27.2 Å². The van der Waals surface area contributed by atoms with Crippen molar-refractivity contribution in [2.24, 2.45) is 34.2 Å². The highest BCUT2D eigenvalue weighted by Gasteiger charge is 2.58. The highest BCUT2D eigenvalue weighted by molar-refractivity contribution is 5.92. The molecule has 2 bridgehead atoms. The summed E-state index contributed by atoms with van der Waals surface area (Å²) in [4.78, 5) is 2.21. The molecule has 0 aromatic heterocycles. The normalized spacial score (nSPS) is 43.5. The van der Waals surface area contributed by atoms with Crippen LogP contribution in [0.5, 0.6) is 0 Å². The Balaban J connectivity index is 2.27. The maximum Gasteiger partial charge on any atom is 0.0651 e. The average molecular weight is 224 g/mol. The van der Waals surface area contributed by atoms with Gasteiger partial charge < -0.3 is 10.1 Å². The first kappa shape index (κ1) is 11.9. The van der Waals surface area contributed by atoms with Gasteiger partial charge in [-0.05, 0) is 37.8 Å². The van der Waals surface area contributed by atoms with E-state index in [9.17, 15) is 5.21 Å². The number of fused-ring (bicyclic) bond motifs is 2. The van der Waals surface area contributed by atoms with E-state index in [1.165, 1.54) is 6.42 Å². The van der Waals surface area contributed by atoms with Crippen LogP contribution in [0.1, 0.15) is 27.2 Å². The molecule has 16 heavy (non-hydrogen) atoms. The average Bonchev–Trinajstić information content (AvgIpc) is 2.63. The molecule has 2 rings (SSSR count). The van der Waals surface area contributed by atoms with Crippen LogP contribution in [-0.4, -0.2) is 36.5 Å². The molecule has 4 unspecified atom stereocenters. The maximum absolute atomic E-state index is 9.23. The molecule has 0 aromatic rings. The van der Waals surface area contributed by atoms with Gasteiger partial charge in [0.15, 0.2) is 0 Å². The molecule has 1 N–H and O–H groups in total. The summed E-state index contributed by atoms with van der Waals surface area (Å²) in [6, 6.07) is 0. The van der Waals surface area contributed by atoms with Crippen LogP contribution in [0.15, 0.2) is 5.16 Å². The fourth-order valence-corrected chi connectivity index (χ4v) is 3.94. The molecule has 0 radical (unpaired) electrons. The van der Waals surface area contributed by atoms with Crippen molar-refractivity contribution in [3.63, 3.8) is 0 Å². The Kier molecular flexibility index (Phi) is 2.77. The Morgan fingerprint density at radius 2 is 2.06 bits per heavy atom. The number of rotatable bonds is 2. The van der Waals surface area contributed by atoms with Crippen LogP contribution in [0.2, 0.25) is 0 Å². The highest BCUT2D eigenvalue weighted by atomic mass is 16.4. The van der Waals surface area contributed by atoms with Gasteiger partial charge >= 0.3 is 0 Å². The van der Waals surface area contributed by atoms with Crippen molar-refractivity contribution < 1.29 is 5.21 Å². The third-order valence-electron chi connectivity index (χ3n) is 5.16. The molecule has 0 aliphatic heterocycles. The van der Waals surface area contributed by atoms with Crippen molar-refractivity contribution in [3.8, 4) is 0 Å². The SMILES string of the molecule is CC1C2CC(C(CN(C)C)C2=NO)C1(C)C. The van der Waals surface area contributed by atoms with Gasteiger partial charge in [-0.2, -0.15) is 0 Å². The molecule has 0 spiro atoms. The molecule has 0 heterocycles. The molecule has 0 aromatic carbocycles. The van der Waals surface area contributed by atoms with Gasteiger partial charge in [-0.3, -0.25) is 0 Å². The fraction of sp³-hybridized carbons (Fsp3) is 0.923. The molecule has 3 heteroatoms. The largest absolute Gasteiger partial charge is 0.411 e. The van der Waals surface area contributed by atoms with Gasteiger partial charge in [0.05, 0.1) is 5.71 Å². The third kappa shape index (κ3) is 1.48. The summed E-state index contributed by atoms with van der Waals surface area (Å²) in [6.07, 6.45) is 1.21. The summed E-state index contributed by atoms with van der Waals surface area (Å²) in [6.45, 7) is 8.07. The Labute approximate surface area is 98.5 Å². The predicted octanol–water partition coefficient (Wildman–Crippen LogP) is 2.31. The van der Waals surface area contributed by atoms with E-state index >= 15 is 0 Å². The van der Waals surface area contributed by atoms with Crippen LogP contribution in [-0.2, 0) is 0 Å². The minimum atomic E-state index is 0.388. The van der Waals surface area contributed by atoms with Gasteiger partial charge in [-0.1, -0.05) is 25.9 Å². The lowest BCUT2D eigenvalue weighted by molar-refractivity contribution is 0.128. The zero-order valence-electron chi connectivity index (χ0n) is 11.1. The smallest absolute Gasteiger partial charge is 0.0651 e. The first-order valence-electron chi connectivity index (χ1n) is 6.26. The second kappa shape index (κ2) is 3.73. The minimum absolute atomic E-state index is 0.388. The molecule has 92 valence electrons. The van der Waals surface area contributed by atoms with Gasteiger partial charge in [0.25, 0.3) is 0 Å². The van der Waals surface area contributed by atoms with Crippen molar-refractivity contribution in [3.05, 3.63) is 0 Å². The lowest BCUT2D eigenvalue weighted by atomic mass is 9.64. The second-order valence-corrected chi connectivity index (χ2v) is 6.45. The van der Waals surface area contributed by atoms with Crippen LogP contribution in [0.4, 0.5) is 0 Å². The van der Waals surface area contributed by atoms with Gasteiger partial charge in [0.2, 0.25) is 0 Å². The van der Waals surface area contributed by atoms with E-state index < -0.39 is 0 Å². The van der Waals surface area contributed by atoms with Gasteiger partial charge in [-0.15, -0.1) is 0 Å². The molecule has 2 aliphatic carbocycles. The zero-order valence-corrected chi connectivity index (χ0v) is 11.1. The summed E-state index contributed by atoms with van der Waals surface area (Å²) < 4.78 is 0. The first-order chi connectivity index (χ1) is 7.39. The minimum Gasteiger partial charge on any atom is -0.411 e. The van der Waals surface area contributed by atoms with Crippen LogP contribution < -0.4 is 0 Å². The van der Waals surface area contributed by atoms with E-state index in [0.717, 1.165) is 12.3 Å². The number of nitrogens with zero attached hydrogens (tertiary/aromatic N) is 2. The first-order valence-corrected chi connectivity index (χ1v) is 6.26. The number of hydrogen-bond donors (Lipinski definition) is 1. The molecule has 2 aliphatic rings. The number of hydrogen-bond acceptors (Lipinski definition) is 3. The molecular weight excluding hydrogens is 200 g/mol. The van der Waals surface area contributed by atoms with Crippen LogP contribution in [0.3, 0.4) is 0 Å². The Bertz CT molecular complexity index is 309. The monoisotopic (exact) mass is 224 g/mol. The summed E-state index contributed by atoms with van der Waals surface area (Å²) in [7, 11) is 4.19. The maximum atomic E-state index is 9.23. The molecule has 2 saturated carbocycles. The molecule has 0 amide bonds. The highest BCUT2D eigenvalue weighted by Crippen LogP contribution is 2.60. The van der Waals surface area contributed by atoms with Crippen LogP contribution >= 0.6 is 0 Å². The van der Waals surface area contributed by atoms with Crippen LogP contribution in [0, 0.1) is 29.1 Å². The quantitative estimate of drug-likeness (QED) is 0.577. The lowest BCUT2D eigenvalue weighted by Crippen LogP contribution is -2.43. The Hall–Kier alpha value is -0.570. The van der Waals surface area contributed by atoms with Crippen molar-refractivity contribution >= 4 is 5.71 Å². The van der Waals surface area contributed by atoms with Gasteiger partial charge in [-0.25, -0.2) is 0 Å². The van der Waals surface area contributed by atoms with Crippen molar-refractivity contribution in [1.82, 2.24) is 4.90 Å². The van der Waals surface area contributed by atoms with E-state index in [4.69, 9.17) is 0 Å². The topological polar surface area (TPSA) is 35.8 Å². The van der Waals surface area contributed by atoms with Gasteiger partial charge in [0.1, 0.15) is 0 Å². The zero-order chi connectivity index (χ0) is 12.1. The standard InChI is InChI=1S/C13H24N2O/c1-8-9-6-11(13(8,2)3)10(7-15(4)5)12(9)14-16/h8-11,16H,6-7H2,1-5H3. The second-order valence-electron chi connectivity index (χ2n) is 6.45. The summed E-state index contributed by atoms with van der Waals surface area (Å²) in [5.74, 6) is 2.29. The van der Waals surface area contributed by atoms with E-state index in [1.807, 2.05) is 0 Å². The van der Waals surface area contributed by atoms with Gasteiger partial charge in [0, 0.05) is 18.4 Å². The van der Waals surface area contributed by atoms with Crippen molar-refractivity contribution in [2.75, 3.05) is 20.6 Å². The van der Waals surface area contributed by atoms with E-state index in [-0.39, 0.29) is 0 Å². The summed E-state index contributed by atoms with van der Waals surface area (Å²) in [5, 5.41) is 12.8. The van der Waals surface area contributed by atoms with Crippen molar-refractivity contribution in [1.29, 1.82) is 0 Å². The summed E-state index contributed by atoms with van der Waals surface area (Å²) >= 11 is 0. The third-order valence-corrected chi connectivity index (χ3v) is 5.16. The molecule has 4 atom stereocenters. The molecule has 2 fully saturated rings. The predicted molar refractivity (Wildman–Crippen MR) is 65.8 cm³/mol. The Morgan fingerprint density at radius 1 is 1.44 bits per heavy atom. The summed E-state index contributed by atoms with van der Waals surface area (Å²) in [5.41, 5.74) is 1.45. The Morgan fingerprint density at radius 3 is 2.56 bits per heavy atom. The molecular formula is C13H24N2O. The number of oxime groups is 1. The van der Waals surface area contributed by atoms with E-state index in [1.54, 1.807) is 0 Å².